The SMILES string of the molecule is CCOC(=O)C(C)(C)N1CC2COCC(C1)N2CC1=C(C(=O)OC)[C@H](c2ccc(F)cc2Cl)N=C(c2nccs2)N1. The van der Waals surface area contributed by atoms with E-state index < -0.39 is 23.4 Å². The van der Waals surface area contributed by atoms with Gasteiger partial charge >= 0.3 is 11.9 Å². The van der Waals surface area contributed by atoms with Gasteiger partial charge in [0.15, 0.2) is 10.8 Å². The molecule has 0 radical (unpaired) electrons. The van der Waals surface area contributed by atoms with Crippen molar-refractivity contribution < 1.29 is 28.2 Å². The van der Waals surface area contributed by atoms with Crippen molar-refractivity contribution in [2.75, 3.05) is 46.6 Å². The van der Waals surface area contributed by atoms with Crippen LogP contribution < -0.4 is 5.32 Å². The van der Waals surface area contributed by atoms with Gasteiger partial charge in [-0.2, -0.15) is 0 Å². The molecule has 2 fully saturated rings. The van der Waals surface area contributed by atoms with Gasteiger partial charge in [-0.1, -0.05) is 17.7 Å². The highest BCUT2D eigenvalue weighted by atomic mass is 35.5. The van der Waals surface area contributed by atoms with Crippen molar-refractivity contribution in [3.05, 3.63) is 62.5 Å². The van der Waals surface area contributed by atoms with Gasteiger partial charge in [-0.3, -0.25) is 19.6 Å². The van der Waals surface area contributed by atoms with Crippen LogP contribution in [0.1, 0.15) is 37.4 Å². The number of nitrogens with zero attached hydrogens (tertiary/aromatic N) is 4. The first kappa shape index (κ1) is 29.6. The van der Waals surface area contributed by atoms with E-state index >= 15 is 0 Å². The fraction of sp³-hybridized carbons (Fsp3) is 0.500. The van der Waals surface area contributed by atoms with Crippen LogP contribution in [0.3, 0.4) is 0 Å². The molecule has 0 aliphatic carbocycles. The topological polar surface area (TPSA) is 106 Å². The maximum atomic E-state index is 14.0. The standard InChI is InChI=1S/C28H33ClFN5O5S/c1-5-40-27(37)28(2,3)34-11-17-14-39-15-18(12-34)35(17)13-21-22(26(36)38-4)23(19-7-6-16(30)10-20(19)29)33-24(32-21)25-31-8-9-41-25/h6-10,17-18,23H,5,11-15H2,1-4H3,(H,32,33)/t17?,18?,23-/m0/s1. The number of methoxy groups -OCH3 is 1. The number of carbonyl (C=O) groups is 2. The molecule has 1 N–H and O–H groups in total. The summed E-state index contributed by atoms with van der Waals surface area (Å²) in [6, 6.07) is 3.08. The Labute approximate surface area is 247 Å². The minimum absolute atomic E-state index is 0.0561. The first-order valence-electron chi connectivity index (χ1n) is 13.4. The highest BCUT2D eigenvalue weighted by Crippen LogP contribution is 2.38. The number of aliphatic imine (C=N–C) groups is 1. The number of aromatic nitrogens is 1. The largest absolute Gasteiger partial charge is 0.466 e. The molecule has 2 aromatic rings. The van der Waals surface area contributed by atoms with E-state index in [0.29, 0.717) is 61.6 Å². The van der Waals surface area contributed by atoms with Gasteiger partial charge in [0.1, 0.15) is 17.4 Å². The van der Waals surface area contributed by atoms with Crippen LogP contribution in [0.15, 0.2) is 46.0 Å². The molecule has 3 atom stereocenters. The molecule has 13 heteroatoms. The van der Waals surface area contributed by atoms with Crippen LogP contribution >= 0.6 is 22.9 Å². The van der Waals surface area contributed by atoms with E-state index in [1.807, 2.05) is 19.2 Å². The van der Waals surface area contributed by atoms with Gasteiger partial charge < -0.3 is 19.5 Å². The average molecular weight is 606 g/mol. The van der Waals surface area contributed by atoms with Gasteiger partial charge in [0.25, 0.3) is 0 Å². The normalized spacial score (nSPS) is 23.6. The lowest BCUT2D eigenvalue weighted by Gasteiger charge is -2.53. The number of fused-ring (bicyclic) bond motifs is 2. The Bertz CT molecular complexity index is 1350. The maximum absolute atomic E-state index is 14.0. The second-order valence-electron chi connectivity index (χ2n) is 10.6. The number of hydrogen-bond acceptors (Lipinski definition) is 11. The number of hydrogen-bond donors (Lipinski definition) is 1. The zero-order valence-electron chi connectivity index (χ0n) is 23.4. The molecule has 220 valence electrons. The van der Waals surface area contributed by atoms with E-state index in [1.165, 1.54) is 36.6 Å². The van der Waals surface area contributed by atoms with Gasteiger partial charge in [-0.25, -0.2) is 14.2 Å². The van der Waals surface area contributed by atoms with Crippen molar-refractivity contribution in [2.24, 2.45) is 4.99 Å². The summed E-state index contributed by atoms with van der Waals surface area (Å²) < 4.78 is 30.5. The van der Waals surface area contributed by atoms with Crippen LogP contribution in [0.4, 0.5) is 4.39 Å². The number of rotatable bonds is 8. The van der Waals surface area contributed by atoms with E-state index in [-0.39, 0.29) is 28.6 Å². The number of ether oxygens (including phenoxy) is 3. The van der Waals surface area contributed by atoms with Crippen molar-refractivity contribution in [1.82, 2.24) is 20.1 Å². The molecule has 2 saturated heterocycles. The van der Waals surface area contributed by atoms with Gasteiger partial charge in [0, 0.05) is 59.6 Å². The number of piperazine rings is 1. The quantitative estimate of drug-likeness (QED) is 0.454. The van der Waals surface area contributed by atoms with Crippen LogP contribution in [-0.4, -0.2) is 96.7 Å². The predicted molar refractivity (Wildman–Crippen MR) is 152 cm³/mol. The smallest absolute Gasteiger partial charge is 0.338 e. The summed E-state index contributed by atoms with van der Waals surface area (Å²) >= 11 is 7.89. The number of carbonyl (C=O) groups excluding carboxylic acids is 2. The summed E-state index contributed by atoms with van der Waals surface area (Å²) in [7, 11) is 1.31. The molecule has 1 aromatic heterocycles. The van der Waals surface area contributed by atoms with Gasteiger partial charge in [-0.15, -0.1) is 11.3 Å². The first-order chi connectivity index (χ1) is 19.6. The molecule has 1 aromatic carbocycles. The van der Waals surface area contributed by atoms with Crippen LogP contribution in [0, 0.1) is 5.82 Å². The molecular formula is C28H33ClFN5O5S. The molecule has 0 amide bonds. The lowest BCUT2D eigenvalue weighted by Crippen LogP contribution is -2.69. The maximum Gasteiger partial charge on any atom is 0.338 e. The van der Waals surface area contributed by atoms with Gasteiger partial charge in [0.2, 0.25) is 0 Å². The molecule has 2 bridgehead atoms. The highest BCUT2D eigenvalue weighted by Gasteiger charge is 2.47. The Morgan fingerprint density at radius 1 is 1.27 bits per heavy atom. The number of halogens is 2. The number of morpholine rings is 1. The second kappa shape index (κ2) is 12.1. The average Bonchev–Trinajstić information content (AvgIpc) is 3.47. The van der Waals surface area contributed by atoms with E-state index in [9.17, 15) is 14.0 Å². The Kier molecular flexibility index (Phi) is 8.76. The summed E-state index contributed by atoms with van der Waals surface area (Å²) in [5.74, 6) is -0.836. The molecular weight excluding hydrogens is 573 g/mol. The zero-order chi connectivity index (χ0) is 29.3. The molecule has 0 spiro atoms. The fourth-order valence-electron chi connectivity index (χ4n) is 5.53. The Hall–Kier alpha value is -2.90. The van der Waals surface area contributed by atoms with Gasteiger partial charge in [0.05, 0.1) is 32.5 Å². The van der Waals surface area contributed by atoms with Crippen LogP contribution in [-0.2, 0) is 23.8 Å². The summed E-state index contributed by atoms with van der Waals surface area (Å²) in [6.45, 7) is 8.31. The number of amidine groups is 1. The molecule has 3 aliphatic heterocycles. The van der Waals surface area contributed by atoms with Crippen molar-refractivity contribution in [3.63, 3.8) is 0 Å². The number of thiazole rings is 1. The van der Waals surface area contributed by atoms with Crippen molar-refractivity contribution in [3.8, 4) is 0 Å². The minimum atomic E-state index is -0.842. The molecule has 3 aliphatic rings. The predicted octanol–water partition coefficient (Wildman–Crippen LogP) is 3.18. The molecule has 41 heavy (non-hydrogen) atoms. The van der Waals surface area contributed by atoms with Crippen molar-refractivity contribution >= 4 is 40.7 Å². The highest BCUT2D eigenvalue weighted by molar-refractivity contribution is 7.11. The summed E-state index contributed by atoms with van der Waals surface area (Å²) in [4.78, 5) is 39.8. The molecule has 0 saturated carbocycles. The third-order valence-corrected chi connectivity index (χ3v) is 8.86. The monoisotopic (exact) mass is 605 g/mol. The van der Waals surface area contributed by atoms with Gasteiger partial charge in [-0.05, 0) is 32.9 Å². The minimum Gasteiger partial charge on any atom is -0.466 e. The summed E-state index contributed by atoms with van der Waals surface area (Å²) in [5, 5.41) is 5.98. The van der Waals surface area contributed by atoms with E-state index in [4.69, 9.17) is 30.8 Å². The van der Waals surface area contributed by atoms with E-state index in [1.54, 1.807) is 13.1 Å². The molecule has 2 unspecified atom stereocenters. The molecule has 10 nitrogen and oxygen atoms in total. The Balaban J connectivity index is 1.52. The lowest BCUT2D eigenvalue weighted by molar-refractivity contribution is -0.164. The zero-order valence-corrected chi connectivity index (χ0v) is 24.9. The van der Waals surface area contributed by atoms with Crippen LogP contribution in [0.5, 0.6) is 0 Å². The third-order valence-electron chi connectivity index (χ3n) is 7.75. The summed E-state index contributed by atoms with van der Waals surface area (Å²) in [5.41, 5.74) is 0.558. The molecule has 5 rings (SSSR count). The Morgan fingerprint density at radius 2 is 2.00 bits per heavy atom. The second-order valence-corrected chi connectivity index (χ2v) is 11.9. The first-order valence-corrected chi connectivity index (χ1v) is 14.7. The number of benzene rings is 1. The number of esters is 2. The fourth-order valence-corrected chi connectivity index (χ4v) is 6.39. The summed E-state index contributed by atoms with van der Waals surface area (Å²) in [6.07, 6.45) is 1.68. The number of nitrogens with one attached hydrogen (secondary N) is 1. The Morgan fingerprint density at radius 3 is 2.61 bits per heavy atom. The third kappa shape index (κ3) is 5.89. The molecule has 4 heterocycles. The van der Waals surface area contributed by atoms with E-state index in [2.05, 4.69) is 20.1 Å². The van der Waals surface area contributed by atoms with E-state index in [0.717, 1.165) is 0 Å². The van der Waals surface area contributed by atoms with Crippen molar-refractivity contribution in [2.45, 2.75) is 44.4 Å². The van der Waals surface area contributed by atoms with Crippen LogP contribution in [0.25, 0.3) is 0 Å². The van der Waals surface area contributed by atoms with Crippen LogP contribution in [0.2, 0.25) is 5.02 Å². The lowest BCUT2D eigenvalue weighted by atomic mass is 9.93. The van der Waals surface area contributed by atoms with Crippen molar-refractivity contribution in [1.29, 1.82) is 0 Å².